The van der Waals surface area contributed by atoms with E-state index in [9.17, 15) is 14.7 Å². The lowest BCUT2D eigenvalue weighted by molar-refractivity contribution is -0.903. The van der Waals surface area contributed by atoms with Crippen LogP contribution in [-0.2, 0) is 4.79 Å². The van der Waals surface area contributed by atoms with Crippen molar-refractivity contribution in [3.05, 3.63) is 35.4 Å². The maximum atomic E-state index is 12.3. The summed E-state index contributed by atoms with van der Waals surface area (Å²) in [4.78, 5) is 25.8. The molecule has 108 valence electrons. The predicted molar refractivity (Wildman–Crippen MR) is 72.3 cm³/mol. The SMILES string of the molecule is Cc1cccc(C(=O)N2CC[NH+](CCC(=O)[O-])CC2)c1. The molecule has 0 saturated carbocycles. The Hall–Kier alpha value is -1.88. The van der Waals surface area contributed by atoms with Gasteiger partial charge in [-0.1, -0.05) is 17.7 Å². The van der Waals surface area contributed by atoms with E-state index in [0.29, 0.717) is 19.6 Å². The number of piperazine rings is 1. The van der Waals surface area contributed by atoms with Crippen LogP contribution < -0.4 is 10.0 Å². The Bertz CT molecular complexity index is 494. The van der Waals surface area contributed by atoms with E-state index in [1.165, 1.54) is 4.90 Å². The van der Waals surface area contributed by atoms with Crippen LogP contribution >= 0.6 is 0 Å². The predicted octanol–water partition coefficient (Wildman–Crippen LogP) is -1.52. The molecule has 5 nitrogen and oxygen atoms in total. The van der Waals surface area contributed by atoms with Crippen LogP contribution in [0.1, 0.15) is 22.3 Å². The zero-order chi connectivity index (χ0) is 14.5. The minimum Gasteiger partial charge on any atom is -0.550 e. The van der Waals surface area contributed by atoms with E-state index in [1.807, 2.05) is 36.1 Å². The molecule has 1 aliphatic rings. The Morgan fingerprint density at radius 1 is 1.30 bits per heavy atom. The van der Waals surface area contributed by atoms with Crippen LogP contribution in [0.3, 0.4) is 0 Å². The number of aliphatic carboxylic acids is 1. The first-order valence-corrected chi connectivity index (χ1v) is 6.95. The molecule has 1 aliphatic heterocycles. The highest BCUT2D eigenvalue weighted by atomic mass is 16.4. The fourth-order valence-electron chi connectivity index (χ4n) is 2.52. The quantitative estimate of drug-likeness (QED) is 0.726. The number of nitrogens with zero attached hydrogens (tertiary/aromatic N) is 1. The van der Waals surface area contributed by atoms with Gasteiger partial charge in [-0.2, -0.15) is 0 Å². The number of nitrogens with one attached hydrogen (secondary N) is 1. The number of amides is 1. The third-order valence-corrected chi connectivity index (χ3v) is 3.71. The fourth-order valence-corrected chi connectivity index (χ4v) is 2.52. The molecule has 0 bridgehead atoms. The summed E-state index contributed by atoms with van der Waals surface area (Å²) in [7, 11) is 0. The van der Waals surface area contributed by atoms with Crippen molar-refractivity contribution in [2.24, 2.45) is 0 Å². The van der Waals surface area contributed by atoms with E-state index >= 15 is 0 Å². The maximum Gasteiger partial charge on any atom is 0.254 e. The van der Waals surface area contributed by atoms with E-state index in [0.717, 1.165) is 24.2 Å². The smallest absolute Gasteiger partial charge is 0.254 e. The molecular formula is C15H20N2O3. The number of carbonyl (C=O) groups excluding carboxylic acids is 2. The molecule has 2 rings (SSSR count). The molecule has 20 heavy (non-hydrogen) atoms. The minimum absolute atomic E-state index is 0.0626. The van der Waals surface area contributed by atoms with E-state index in [4.69, 9.17) is 0 Å². The maximum absolute atomic E-state index is 12.3. The van der Waals surface area contributed by atoms with Crippen molar-refractivity contribution in [1.82, 2.24) is 4.90 Å². The summed E-state index contributed by atoms with van der Waals surface area (Å²) in [6, 6.07) is 7.60. The fraction of sp³-hybridized carbons (Fsp3) is 0.467. The van der Waals surface area contributed by atoms with Gasteiger partial charge in [-0.15, -0.1) is 0 Å². The van der Waals surface area contributed by atoms with E-state index in [2.05, 4.69) is 0 Å². The van der Waals surface area contributed by atoms with Crippen molar-refractivity contribution in [3.63, 3.8) is 0 Å². The van der Waals surface area contributed by atoms with Crippen LogP contribution in [0.5, 0.6) is 0 Å². The molecule has 5 heteroatoms. The third kappa shape index (κ3) is 3.81. The average molecular weight is 276 g/mol. The molecule has 0 unspecified atom stereocenters. The molecule has 1 N–H and O–H groups in total. The molecule has 0 spiro atoms. The van der Waals surface area contributed by atoms with Crippen LogP contribution in [0.4, 0.5) is 0 Å². The van der Waals surface area contributed by atoms with Crippen LogP contribution in [0.2, 0.25) is 0 Å². The van der Waals surface area contributed by atoms with Crippen molar-refractivity contribution >= 4 is 11.9 Å². The van der Waals surface area contributed by atoms with Crippen LogP contribution in [-0.4, -0.2) is 49.5 Å². The van der Waals surface area contributed by atoms with Crippen molar-refractivity contribution < 1.29 is 19.6 Å². The van der Waals surface area contributed by atoms with E-state index in [-0.39, 0.29) is 12.3 Å². The first-order chi connectivity index (χ1) is 9.56. The van der Waals surface area contributed by atoms with Crippen LogP contribution in [0, 0.1) is 6.92 Å². The van der Waals surface area contributed by atoms with Gasteiger partial charge in [0, 0.05) is 18.0 Å². The second kappa shape index (κ2) is 6.52. The number of hydrogen-bond donors (Lipinski definition) is 1. The summed E-state index contributed by atoms with van der Waals surface area (Å²) in [5.74, 6) is -0.941. The number of carbonyl (C=O) groups is 2. The number of benzene rings is 1. The van der Waals surface area contributed by atoms with Crippen molar-refractivity contribution in [3.8, 4) is 0 Å². The van der Waals surface area contributed by atoms with Gasteiger partial charge >= 0.3 is 0 Å². The Balaban J connectivity index is 1.87. The van der Waals surface area contributed by atoms with Gasteiger partial charge in [0.25, 0.3) is 5.91 Å². The largest absolute Gasteiger partial charge is 0.550 e. The van der Waals surface area contributed by atoms with Crippen molar-refractivity contribution in [2.45, 2.75) is 13.3 Å². The molecule has 1 amide bonds. The summed E-state index contributed by atoms with van der Waals surface area (Å²) in [5.41, 5.74) is 1.80. The molecule has 1 aromatic rings. The summed E-state index contributed by atoms with van der Waals surface area (Å²) < 4.78 is 0. The monoisotopic (exact) mass is 276 g/mol. The summed E-state index contributed by atoms with van der Waals surface area (Å²) in [6.45, 7) is 5.49. The zero-order valence-corrected chi connectivity index (χ0v) is 11.7. The standard InChI is InChI=1S/C15H20N2O3/c1-12-3-2-4-13(11-12)15(20)17-9-7-16(8-10-17)6-5-14(18)19/h2-4,11H,5-10H2,1H3,(H,18,19). The first-order valence-electron chi connectivity index (χ1n) is 6.95. The van der Waals surface area contributed by atoms with Gasteiger partial charge < -0.3 is 19.7 Å². The van der Waals surface area contributed by atoms with E-state index in [1.54, 1.807) is 0 Å². The first kappa shape index (κ1) is 14.5. The summed E-state index contributed by atoms with van der Waals surface area (Å²) >= 11 is 0. The lowest BCUT2D eigenvalue weighted by Gasteiger charge is -2.32. The van der Waals surface area contributed by atoms with Gasteiger partial charge in [0.15, 0.2) is 0 Å². The lowest BCUT2D eigenvalue weighted by atomic mass is 10.1. The normalized spacial score (nSPS) is 16.1. The number of carboxylic acids is 1. The lowest BCUT2D eigenvalue weighted by Crippen LogP contribution is -3.15. The zero-order valence-electron chi connectivity index (χ0n) is 11.7. The summed E-state index contributed by atoms with van der Waals surface area (Å²) in [5, 5.41) is 10.4. The molecule has 0 radical (unpaired) electrons. The van der Waals surface area contributed by atoms with E-state index < -0.39 is 5.97 Å². The number of quaternary nitrogens is 1. The topological polar surface area (TPSA) is 64.9 Å². The van der Waals surface area contributed by atoms with Crippen LogP contribution in [0.15, 0.2) is 24.3 Å². The highest BCUT2D eigenvalue weighted by molar-refractivity contribution is 5.94. The van der Waals surface area contributed by atoms with Crippen LogP contribution in [0.25, 0.3) is 0 Å². The molecule has 0 aromatic heterocycles. The number of rotatable bonds is 4. The molecule has 1 heterocycles. The Labute approximate surface area is 118 Å². The Kier molecular flexibility index (Phi) is 4.74. The number of hydrogen-bond acceptors (Lipinski definition) is 3. The van der Waals surface area contributed by atoms with Gasteiger partial charge in [-0.3, -0.25) is 4.79 Å². The Morgan fingerprint density at radius 3 is 2.60 bits per heavy atom. The second-order valence-corrected chi connectivity index (χ2v) is 5.28. The number of aryl methyl sites for hydroxylation is 1. The molecule has 1 saturated heterocycles. The Morgan fingerprint density at radius 2 is 2.00 bits per heavy atom. The number of carboxylic acid groups (broad SMARTS) is 1. The van der Waals surface area contributed by atoms with Gasteiger partial charge in [0.05, 0.1) is 32.7 Å². The van der Waals surface area contributed by atoms with Gasteiger partial charge in [-0.25, -0.2) is 0 Å². The summed E-state index contributed by atoms with van der Waals surface area (Å²) in [6.07, 6.45) is 0.0845. The minimum atomic E-state index is -1.00. The molecular weight excluding hydrogens is 256 g/mol. The van der Waals surface area contributed by atoms with Crippen molar-refractivity contribution in [2.75, 3.05) is 32.7 Å². The second-order valence-electron chi connectivity index (χ2n) is 5.28. The third-order valence-electron chi connectivity index (χ3n) is 3.71. The van der Waals surface area contributed by atoms with Crippen molar-refractivity contribution in [1.29, 1.82) is 0 Å². The average Bonchev–Trinajstić information content (AvgIpc) is 2.45. The van der Waals surface area contributed by atoms with Gasteiger partial charge in [0.1, 0.15) is 0 Å². The molecule has 1 fully saturated rings. The molecule has 0 atom stereocenters. The highest BCUT2D eigenvalue weighted by Gasteiger charge is 2.24. The molecule has 0 aliphatic carbocycles. The molecule has 1 aromatic carbocycles. The van der Waals surface area contributed by atoms with Gasteiger partial charge in [-0.05, 0) is 19.1 Å². The van der Waals surface area contributed by atoms with Gasteiger partial charge in [0.2, 0.25) is 0 Å². The highest BCUT2D eigenvalue weighted by Crippen LogP contribution is 2.08.